The first-order valence-electron chi connectivity index (χ1n) is 7.11. The quantitative estimate of drug-likeness (QED) is 0.579. The number of epoxide rings is 1. The van der Waals surface area contributed by atoms with E-state index in [0.29, 0.717) is 5.75 Å². The SMILES string of the molecule is CC(C)CCCCCc1cccc(O)c1C1CO1. The Morgan fingerprint density at radius 3 is 2.72 bits per heavy atom. The van der Waals surface area contributed by atoms with Crippen LogP contribution in [0.25, 0.3) is 0 Å². The van der Waals surface area contributed by atoms with E-state index < -0.39 is 0 Å². The van der Waals surface area contributed by atoms with Gasteiger partial charge in [0.25, 0.3) is 0 Å². The van der Waals surface area contributed by atoms with Crippen molar-refractivity contribution in [2.45, 2.75) is 52.1 Å². The van der Waals surface area contributed by atoms with Gasteiger partial charge in [-0.15, -0.1) is 0 Å². The highest BCUT2D eigenvalue weighted by Crippen LogP contribution is 2.38. The van der Waals surface area contributed by atoms with Crippen molar-refractivity contribution in [2.24, 2.45) is 5.92 Å². The number of ether oxygens (including phenoxy) is 1. The molecule has 1 fully saturated rings. The minimum absolute atomic E-state index is 0.150. The minimum Gasteiger partial charge on any atom is -0.508 e. The van der Waals surface area contributed by atoms with Crippen LogP contribution in [0.5, 0.6) is 5.75 Å². The van der Waals surface area contributed by atoms with Crippen LogP contribution >= 0.6 is 0 Å². The first-order chi connectivity index (χ1) is 8.68. The summed E-state index contributed by atoms with van der Waals surface area (Å²) < 4.78 is 5.31. The maximum atomic E-state index is 9.90. The molecule has 2 rings (SSSR count). The van der Waals surface area contributed by atoms with Crippen LogP contribution in [0.3, 0.4) is 0 Å². The van der Waals surface area contributed by atoms with Crippen molar-refractivity contribution in [3.05, 3.63) is 29.3 Å². The van der Waals surface area contributed by atoms with Gasteiger partial charge in [-0.25, -0.2) is 0 Å². The van der Waals surface area contributed by atoms with Gasteiger partial charge in [0.2, 0.25) is 0 Å². The van der Waals surface area contributed by atoms with Crippen LogP contribution in [-0.2, 0) is 11.2 Å². The summed E-state index contributed by atoms with van der Waals surface area (Å²) >= 11 is 0. The minimum atomic E-state index is 0.150. The molecular formula is C16H24O2. The third-order valence-electron chi connectivity index (χ3n) is 3.56. The van der Waals surface area contributed by atoms with Crippen LogP contribution in [0.2, 0.25) is 0 Å². The average Bonchev–Trinajstić information content (AvgIpc) is 3.12. The number of phenolic OH excluding ortho intramolecular Hbond substituents is 1. The lowest BCUT2D eigenvalue weighted by molar-refractivity contribution is 0.398. The zero-order valence-electron chi connectivity index (χ0n) is 11.5. The van der Waals surface area contributed by atoms with Gasteiger partial charge in [-0.05, 0) is 30.4 Å². The summed E-state index contributed by atoms with van der Waals surface area (Å²) in [6.45, 7) is 5.31. The second-order valence-electron chi connectivity index (χ2n) is 5.67. The number of phenols is 1. The predicted molar refractivity (Wildman–Crippen MR) is 73.8 cm³/mol. The zero-order valence-corrected chi connectivity index (χ0v) is 11.5. The van der Waals surface area contributed by atoms with Gasteiger partial charge in [0.05, 0.1) is 6.61 Å². The number of hydrogen-bond donors (Lipinski definition) is 1. The fourth-order valence-electron chi connectivity index (χ4n) is 2.45. The normalized spacial score (nSPS) is 18.3. The predicted octanol–water partition coefficient (Wildman–Crippen LogP) is 4.22. The molecule has 0 aliphatic carbocycles. The average molecular weight is 248 g/mol. The second kappa shape index (κ2) is 6.24. The van der Waals surface area contributed by atoms with Crippen molar-refractivity contribution >= 4 is 0 Å². The zero-order chi connectivity index (χ0) is 13.0. The van der Waals surface area contributed by atoms with Crippen molar-refractivity contribution in [1.29, 1.82) is 0 Å². The monoisotopic (exact) mass is 248 g/mol. The summed E-state index contributed by atoms with van der Waals surface area (Å²) in [5.41, 5.74) is 2.29. The van der Waals surface area contributed by atoms with Gasteiger partial charge in [0.1, 0.15) is 11.9 Å². The number of benzene rings is 1. The van der Waals surface area contributed by atoms with Crippen LogP contribution in [0.1, 0.15) is 56.8 Å². The molecule has 0 radical (unpaired) electrons. The first kappa shape index (κ1) is 13.4. The third kappa shape index (κ3) is 3.74. The largest absolute Gasteiger partial charge is 0.508 e. The molecule has 1 aromatic carbocycles. The summed E-state index contributed by atoms with van der Waals surface area (Å²) in [5.74, 6) is 1.21. The Morgan fingerprint density at radius 2 is 2.06 bits per heavy atom. The number of aryl methyl sites for hydroxylation is 1. The molecule has 1 unspecified atom stereocenters. The van der Waals surface area contributed by atoms with Crippen molar-refractivity contribution < 1.29 is 9.84 Å². The van der Waals surface area contributed by atoms with E-state index in [-0.39, 0.29) is 6.10 Å². The Balaban J connectivity index is 1.83. The molecule has 0 amide bonds. The maximum absolute atomic E-state index is 9.90. The molecule has 1 aliphatic rings. The van der Waals surface area contributed by atoms with E-state index in [4.69, 9.17) is 4.74 Å². The molecule has 2 nitrogen and oxygen atoms in total. The van der Waals surface area contributed by atoms with Crippen LogP contribution in [0, 0.1) is 5.92 Å². The molecule has 0 bridgehead atoms. The molecule has 18 heavy (non-hydrogen) atoms. The van der Waals surface area contributed by atoms with Crippen LogP contribution in [-0.4, -0.2) is 11.7 Å². The van der Waals surface area contributed by atoms with Crippen molar-refractivity contribution in [3.8, 4) is 5.75 Å². The lowest BCUT2D eigenvalue weighted by atomic mass is 9.97. The molecule has 1 N–H and O–H groups in total. The van der Waals surface area contributed by atoms with E-state index in [9.17, 15) is 5.11 Å². The summed E-state index contributed by atoms with van der Waals surface area (Å²) in [5, 5.41) is 9.90. The Kier molecular flexibility index (Phi) is 4.65. The molecule has 1 atom stereocenters. The Labute approximate surface area is 110 Å². The van der Waals surface area contributed by atoms with Crippen molar-refractivity contribution in [1.82, 2.24) is 0 Å². The summed E-state index contributed by atoms with van der Waals surface area (Å²) in [7, 11) is 0. The number of unbranched alkanes of at least 4 members (excludes halogenated alkanes) is 2. The van der Waals surface area contributed by atoms with Crippen LogP contribution < -0.4 is 0 Å². The van der Waals surface area contributed by atoms with Gasteiger partial charge in [0, 0.05) is 5.56 Å². The Bertz CT molecular complexity index is 381. The highest BCUT2D eigenvalue weighted by Gasteiger charge is 2.29. The number of hydrogen-bond acceptors (Lipinski definition) is 2. The van der Waals surface area contributed by atoms with Gasteiger partial charge in [-0.2, -0.15) is 0 Å². The fourth-order valence-corrected chi connectivity index (χ4v) is 2.45. The highest BCUT2D eigenvalue weighted by atomic mass is 16.6. The molecule has 0 saturated carbocycles. The maximum Gasteiger partial charge on any atom is 0.121 e. The number of rotatable bonds is 7. The van der Waals surface area contributed by atoms with Gasteiger partial charge in [-0.3, -0.25) is 0 Å². The standard InChI is InChI=1S/C16H24O2/c1-12(2)7-4-3-5-8-13-9-6-10-14(17)16(13)15-11-18-15/h6,9-10,12,15,17H,3-5,7-8,11H2,1-2H3. The molecule has 1 saturated heterocycles. The van der Waals surface area contributed by atoms with E-state index in [1.54, 1.807) is 6.07 Å². The second-order valence-corrected chi connectivity index (χ2v) is 5.67. The summed E-state index contributed by atoms with van der Waals surface area (Å²) in [4.78, 5) is 0. The molecular weight excluding hydrogens is 224 g/mol. The van der Waals surface area contributed by atoms with Gasteiger partial charge in [0.15, 0.2) is 0 Å². The molecule has 2 heteroatoms. The van der Waals surface area contributed by atoms with Crippen molar-refractivity contribution in [3.63, 3.8) is 0 Å². The van der Waals surface area contributed by atoms with E-state index in [1.165, 1.54) is 31.2 Å². The first-order valence-corrected chi connectivity index (χ1v) is 7.11. The summed E-state index contributed by atoms with van der Waals surface area (Å²) in [6, 6.07) is 5.82. The lowest BCUT2D eigenvalue weighted by Gasteiger charge is -2.09. The molecule has 0 aromatic heterocycles. The molecule has 1 aliphatic heterocycles. The lowest BCUT2D eigenvalue weighted by Crippen LogP contribution is -1.95. The van der Waals surface area contributed by atoms with E-state index in [1.807, 2.05) is 6.07 Å². The molecule has 100 valence electrons. The smallest absolute Gasteiger partial charge is 0.121 e. The van der Waals surface area contributed by atoms with Crippen molar-refractivity contribution in [2.75, 3.05) is 6.61 Å². The summed E-state index contributed by atoms with van der Waals surface area (Å²) in [6.07, 6.45) is 6.32. The van der Waals surface area contributed by atoms with Gasteiger partial charge >= 0.3 is 0 Å². The number of aromatic hydroxyl groups is 1. The van der Waals surface area contributed by atoms with E-state index in [0.717, 1.165) is 24.5 Å². The van der Waals surface area contributed by atoms with E-state index >= 15 is 0 Å². The Morgan fingerprint density at radius 1 is 1.28 bits per heavy atom. The van der Waals surface area contributed by atoms with Gasteiger partial charge in [-0.1, -0.05) is 45.2 Å². The molecule has 1 heterocycles. The molecule has 0 spiro atoms. The molecule has 1 aromatic rings. The fraction of sp³-hybridized carbons (Fsp3) is 0.625. The van der Waals surface area contributed by atoms with E-state index in [2.05, 4.69) is 19.9 Å². The van der Waals surface area contributed by atoms with Gasteiger partial charge < -0.3 is 9.84 Å². The topological polar surface area (TPSA) is 32.8 Å². The van der Waals surface area contributed by atoms with Crippen LogP contribution in [0.15, 0.2) is 18.2 Å². The third-order valence-corrected chi connectivity index (χ3v) is 3.56. The highest BCUT2D eigenvalue weighted by molar-refractivity contribution is 5.42. The van der Waals surface area contributed by atoms with Crippen LogP contribution in [0.4, 0.5) is 0 Å². The Hall–Kier alpha value is -1.02.